The lowest BCUT2D eigenvalue weighted by Gasteiger charge is -2.36. The number of piperazine rings is 1. The number of hydrogen-bond donors (Lipinski definition) is 2. The molecule has 36 heavy (non-hydrogen) atoms. The summed E-state index contributed by atoms with van der Waals surface area (Å²) >= 11 is 1.72. The zero-order chi connectivity index (χ0) is 25.1. The molecule has 0 radical (unpaired) electrons. The summed E-state index contributed by atoms with van der Waals surface area (Å²) < 4.78 is 14.1. The van der Waals surface area contributed by atoms with Crippen LogP contribution in [0.15, 0.2) is 66.7 Å². The monoisotopic (exact) mass is 504 g/mol. The van der Waals surface area contributed by atoms with Crippen LogP contribution < -0.4 is 15.5 Å². The van der Waals surface area contributed by atoms with Gasteiger partial charge in [0.2, 0.25) is 5.91 Å². The molecule has 1 fully saturated rings. The van der Waals surface area contributed by atoms with Crippen LogP contribution in [-0.2, 0) is 10.5 Å². The lowest BCUT2D eigenvalue weighted by Crippen LogP contribution is -2.49. The predicted molar refractivity (Wildman–Crippen MR) is 144 cm³/mol. The molecule has 0 aliphatic carbocycles. The molecule has 5 rings (SSSR count). The van der Waals surface area contributed by atoms with Gasteiger partial charge >= 0.3 is 0 Å². The van der Waals surface area contributed by atoms with Crippen molar-refractivity contribution in [2.75, 3.05) is 47.5 Å². The molecule has 186 valence electrons. The summed E-state index contributed by atoms with van der Waals surface area (Å²) in [6.45, 7) is 4.25. The standard InChI is InChI=1S/C28H29FN4O2S/c1-19-6-2-3-7-21(19)17-36-18-25-27(34)31-24-16-20(10-11-23(24)30-25)28(35)33-14-12-32(13-15-33)26-9-5-4-8-22(26)29/h2-11,16,25,30H,12-15,17-18H2,1H3,(H,31,34)/t25-/m1/s1. The summed E-state index contributed by atoms with van der Waals surface area (Å²) in [6.07, 6.45) is 0. The van der Waals surface area contributed by atoms with Gasteiger partial charge in [-0.25, -0.2) is 4.39 Å². The van der Waals surface area contributed by atoms with E-state index in [1.807, 2.05) is 29.2 Å². The number of amides is 2. The van der Waals surface area contributed by atoms with Gasteiger partial charge in [0, 0.05) is 43.2 Å². The summed E-state index contributed by atoms with van der Waals surface area (Å²) in [7, 11) is 0. The van der Waals surface area contributed by atoms with Crippen LogP contribution in [-0.4, -0.2) is 54.7 Å². The van der Waals surface area contributed by atoms with Gasteiger partial charge in [-0.2, -0.15) is 11.8 Å². The Balaban J connectivity index is 1.18. The first-order chi connectivity index (χ1) is 17.5. The molecule has 2 heterocycles. The van der Waals surface area contributed by atoms with Gasteiger partial charge in [0.15, 0.2) is 0 Å². The summed E-state index contributed by atoms with van der Waals surface area (Å²) in [6, 6.07) is 20.0. The lowest BCUT2D eigenvalue weighted by atomic mass is 10.1. The molecule has 2 aliphatic rings. The number of carbonyl (C=O) groups is 2. The highest BCUT2D eigenvalue weighted by Crippen LogP contribution is 2.30. The van der Waals surface area contributed by atoms with Crippen molar-refractivity contribution in [2.24, 2.45) is 0 Å². The van der Waals surface area contributed by atoms with E-state index in [4.69, 9.17) is 0 Å². The molecule has 0 bridgehead atoms. The minimum absolute atomic E-state index is 0.0869. The molecule has 0 saturated carbocycles. The highest BCUT2D eigenvalue weighted by Gasteiger charge is 2.28. The first kappa shape index (κ1) is 24.2. The molecule has 3 aromatic carbocycles. The van der Waals surface area contributed by atoms with Crippen LogP contribution >= 0.6 is 11.8 Å². The zero-order valence-electron chi connectivity index (χ0n) is 20.2. The molecule has 2 amide bonds. The van der Waals surface area contributed by atoms with Crippen molar-refractivity contribution in [1.82, 2.24) is 4.90 Å². The van der Waals surface area contributed by atoms with Crippen LogP contribution in [0.1, 0.15) is 21.5 Å². The molecule has 6 nitrogen and oxygen atoms in total. The Morgan fingerprint density at radius 2 is 1.75 bits per heavy atom. The van der Waals surface area contributed by atoms with Crippen LogP contribution in [0.3, 0.4) is 0 Å². The molecular weight excluding hydrogens is 475 g/mol. The van der Waals surface area contributed by atoms with Crippen LogP contribution in [0.4, 0.5) is 21.5 Å². The quantitative estimate of drug-likeness (QED) is 0.507. The van der Waals surface area contributed by atoms with Gasteiger partial charge in [-0.1, -0.05) is 36.4 Å². The third-order valence-electron chi connectivity index (χ3n) is 6.73. The van der Waals surface area contributed by atoms with E-state index in [0.29, 0.717) is 48.9 Å². The fourth-order valence-corrected chi connectivity index (χ4v) is 5.73. The number of nitrogens with zero attached hydrogens (tertiary/aromatic N) is 2. The average molecular weight is 505 g/mol. The highest BCUT2D eigenvalue weighted by atomic mass is 32.2. The Morgan fingerprint density at radius 1 is 1.00 bits per heavy atom. The van der Waals surface area contributed by atoms with Gasteiger partial charge in [-0.05, 0) is 48.4 Å². The van der Waals surface area contributed by atoms with E-state index in [0.717, 1.165) is 11.4 Å². The minimum Gasteiger partial charge on any atom is -0.371 e. The average Bonchev–Trinajstić information content (AvgIpc) is 2.90. The topological polar surface area (TPSA) is 64.7 Å². The van der Waals surface area contributed by atoms with E-state index in [1.54, 1.807) is 40.9 Å². The van der Waals surface area contributed by atoms with Crippen LogP contribution in [0, 0.1) is 12.7 Å². The number of thioether (sulfide) groups is 1. The van der Waals surface area contributed by atoms with Crippen LogP contribution in [0.2, 0.25) is 0 Å². The summed E-state index contributed by atoms with van der Waals surface area (Å²) in [4.78, 5) is 29.6. The van der Waals surface area contributed by atoms with E-state index in [9.17, 15) is 14.0 Å². The second-order valence-electron chi connectivity index (χ2n) is 9.12. The van der Waals surface area contributed by atoms with E-state index in [2.05, 4.69) is 29.7 Å². The normalized spacial score (nSPS) is 17.3. The van der Waals surface area contributed by atoms with E-state index < -0.39 is 0 Å². The second-order valence-corrected chi connectivity index (χ2v) is 10.1. The van der Waals surface area contributed by atoms with Gasteiger partial charge in [0.25, 0.3) is 5.91 Å². The summed E-state index contributed by atoms with van der Waals surface area (Å²) in [5.41, 5.74) is 5.06. The predicted octanol–water partition coefficient (Wildman–Crippen LogP) is 4.76. The number of aryl methyl sites for hydroxylation is 1. The van der Waals surface area contributed by atoms with Gasteiger partial charge in [0.05, 0.1) is 17.1 Å². The van der Waals surface area contributed by atoms with Crippen molar-refractivity contribution < 1.29 is 14.0 Å². The zero-order valence-corrected chi connectivity index (χ0v) is 21.0. The van der Waals surface area contributed by atoms with Crippen LogP contribution in [0.5, 0.6) is 0 Å². The maximum atomic E-state index is 14.1. The van der Waals surface area contributed by atoms with Crippen molar-refractivity contribution >= 4 is 40.6 Å². The van der Waals surface area contributed by atoms with Crippen LogP contribution in [0.25, 0.3) is 0 Å². The van der Waals surface area contributed by atoms with Gasteiger partial charge in [-0.3, -0.25) is 9.59 Å². The number of halogens is 1. The smallest absolute Gasteiger partial charge is 0.254 e. The molecule has 2 N–H and O–H groups in total. The SMILES string of the molecule is Cc1ccccc1CSC[C@H]1Nc2ccc(C(=O)N3CCN(c4ccccc4F)CC3)cc2NC1=O. The molecular formula is C28H29FN4O2S. The van der Waals surface area contributed by atoms with Gasteiger partial charge in [0.1, 0.15) is 11.9 Å². The van der Waals surface area contributed by atoms with Crippen molar-refractivity contribution in [3.05, 3.63) is 89.2 Å². The lowest BCUT2D eigenvalue weighted by molar-refractivity contribution is -0.116. The van der Waals surface area contributed by atoms with Crippen molar-refractivity contribution in [3.63, 3.8) is 0 Å². The van der Waals surface area contributed by atoms with E-state index >= 15 is 0 Å². The molecule has 0 unspecified atom stereocenters. The Labute approximate surface area is 214 Å². The van der Waals surface area contributed by atoms with Gasteiger partial charge < -0.3 is 20.4 Å². The summed E-state index contributed by atoms with van der Waals surface area (Å²) in [5.74, 6) is 1.07. The molecule has 1 atom stereocenters. The number of fused-ring (bicyclic) bond motifs is 1. The Morgan fingerprint density at radius 3 is 2.53 bits per heavy atom. The Bertz CT molecular complexity index is 1280. The molecule has 0 aromatic heterocycles. The fraction of sp³-hybridized carbons (Fsp3) is 0.286. The molecule has 0 spiro atoms. The van der Waals surface area contributed by atoms with Gasteiger partial charge in [-0.15, -0.1) is 0 Å². The van der Waals surface area contributed by atoms with E-state index in [1.165, 1.54) is 17.2 Å². The number of anilines is 3. The summed E-state index contributed by atoms with van der Waals surface area (Å²) in [5, 5.41) is 6.29. The Kier molecular flexibility index (Phi) is 7.13. The molecule has 3 aromatic rings. The maximum Gasteiger partial charge on any atom is 0.254 e. The largest absolute Gasteiger partial charge is 0.371 e. The van der Waals surface area contributed by atoms with E-state index in [-0.39, 0.29) is 23.7 Å². The minimum atomic E-state index is -0.334. The highest BCUT2D eigenvalue weighted by molar-refractivity contribution is 7.98. The maximum absolute atomic E-state index is 14.1. The molecule has 1 saturated heterocycles. The number of benzene rings is 3. The molecule has 8 heteroatoms. The number of nitrogens with one attached hydrogen (secondary N) is 2. The van der Waals surface area contributed by atoms with Crippen molar-refractivity contribution in [1.29, 1.82) is 0 Å². The number of rotatable bonds is 6. The Hall–Kier alpha value is -3.52. The number of para-hydroxylation sites is 1. The second kappa shape index (κ2) is 10.6. The third-order valence-corrected chi connectivity index (χ3v) is 7.82. The number of hydrogen-bond acceptors (Lipinski definition) is 5. The van der Waals surface area contributed by atoms with Crippen molar-refractivity contribution in [2.45, 2.75) is 18.7 Å². The van der Waals surface area contributed by atoms with Crippen molar-refractivity contribution in [3.8, 4) is 0 Å². The molecule has 2 aliphatic heterocycles. The number of carbonyl (C=O) groups excluding carboxylic acids is 2. The fourth-order valence-electron chi connectivity index (χ4n) is 4.60. The third kappa shape index (κ3) is 5.18. The first-order valence-electron chi connectivity index (χ1n) is 12.1. The first-order valence-corrected chi connectivity index (χ1v) is 13.3.